The van der Waals surface area contributed by atoms with E-state index in [4.69, 9.17) is 0 Å². The standard InChI is InChI=1S/C13H16F3N3O/c1-17-12(20)9-3-2-6-19(8-9)11-5-4-10(7-18-11)13(14,15)16/h4-5,7,9H,2-3,6,8H2,1H3,(H,17,20). The summed E-state index contributed by atoms with van der Waals surface area (Å²) in [4.78, 5) is 17.3. The topological polar surface area (TPSA) is 45.2 Å². The first kappa shape index (κ1) is 14.6. The van der Waals surface area contributed by atoms with E-state index >= 15 is 0 Å². The fourth-order valence-electron chi connectivity index (χ4n) is 2.34. The lowest BCUT2D eigenvalue weighted by Gasteiger charge is -2.32. The van der Waals surface area contributed by atoms with Gasteiger partial charge in [0.25, 0.3) is 0 Å². The van der Waals surface area contributed by atoms with Crippen LogP contribution in [-0.4, -0.2) is 31.0 Å². The minimum atomic E-state index is -4.38. The third kappa shape index (κ3) is 3.20. The average molecular weight is 287 g/mol. The summed E-state index contributed by atoms with van der Waals surface area (Å²) >= 11 is 0. The van der Waals surface area contributed by atoms with Crippen molar-refractivity contribution >= 4 is 11.7 Å². The summed E-state index contributed by atoms with van der Waals surface area (Å²) in [6, 6.07) is 2.38. The van der Waals surface area contributed by atoms with Crippen molar-refractivity contribution in [3.05, 3.63) is 23.9 Å². The van der Waals surface area contributed by atoms with E-state index in [1.165, 1.54) is 6.07 Å². The third-order valence-corrected chi connectivity index (χ3v) is 3.44. The predicted molar refractivity (Wildman–Crippen MR) is 68.2 cm³/mol. The molecule has 2 heterocycles. The molecule has 1 aromatic heterocycles. The number of hydrogen-bond acceptors (Lipinski definition) is 3. The van der Waals surface area contributed by atoms with E-state index in [2.05, 4.69) is 10.3 Å². The Bertz CT molecular complexity index is 473. The minimum absolute atomic E-state index is 0.0402. The van der Waals surface area contributed by atoms with Gasteiger partial charge in [-0.05, 0) is 25.0 Å². The monoisotopic (exact) mass is 287 g/mol. The molecular formula is C13H16F3N3O. The fraction of sp³-hybridized carbons (Fsp3) is 0.538. The predicted octanol–water partition coefficient (Wildman–Crippen LogP) is 2.06. The summed E-state index contributed by atoms with van der Waals surface area (Å²) in [5.41, 5.74) is -0.763. The van der Waals surface area contributed by atoms with Gasteiger partial charge in [-0.15, -0.1) is 0 Å². The molecule has 0 saturated carbocycles. The fourth-order valence-corrected chi connectivity index (χ4v) is 2.34. The molecule has 0 bridgehead atoms. The van der Waals surface area contributed by atoms with Crippen molar-refractivity contribution in [1.29, 1.82) is 0 Å². The Morgan fingerprint density at radius 2 is 2.20 bits per heavy atom. The Kier molecular flexibility index (Phi) is 4.15. The quantitative estimate of drug-likeness (QED) is 0.905. The number of aromatic nitrogens is 1. The Morgan fingerprint density at radius 3 is 2.75 bits per heavy atom. The molecule has 0 aromatic carbocycles. The number of piperidine rings is 1. The SMILES string of the molecule is CNC(=O)C1CCCN(c2ccc(C(F)(F)F)cn2)C1. The third-order valence-electron chi connectivity index (χ3n) is 3.44. The van der Waals surface area contributed by atoms with E-state index < -0.39 is 11.7 Å². The first-order chi connectivity index (χ1) is 9.41. The summed E-state index contributed by atoms with van der Waals surface area (Å²) in [5.74, 6) is 0.297. The van der Waals surface area contributed by atoms with Crippen molar-refractivity contribution in [2.75, 3.05) is 25.0 Å². The maximum Gasteiger partial charge on any atom is 0.417 e. The van der Waals surface area contributed by atoms with Crippen LogP contribution in [0.3, 0.4) is 0 Å². The first-order valence-electron chi connectivity index (χ1n) is 6.41. The zero-order valence-electron chi connectivity index (χ0n) is 11.1. The number of anilines is 1. The van der Waals surface area contributed by atoms with Crippen LogP contribution in [0.5, 0.6) is 0 Å². The van der Waals surface area contributed by atoms with Gasteiger partial charge in [0.15, 0.2) is 0 Å². The molecule has 0 aliphatic carbocycles. The van der Waals surface area contributed by atoms with Gasteiger partial charge in [0.05, 0.1) is 11.5 Å². The van der Waals surface area contributed by atoms with Gasteiger partial charge in [-0.1, -0.05) is 0 Å². The van der Waals surface area contributed by atoms with E-state index in [0.717, 1.165) is 25.1 Å². The molecule has 20 heavy (non-hydrogen) atoms. The zero-order chi connectivity index (χ0) is 14.8. The van der Waals surface area contributed by atoms with E-state index in [9.17, 15) is 18.0 Å². The van der Waals surface area contributed by atoms with Gasteiger partial charge < -0.3 is 10.2 Å². The van der Waals surface area contributed by atoms with Gasteiger partial charge in [-0.3, -0.25) is 4.79 Å². The highest BCUT2D eigenvalue weighted by atomic mass is 19.4. The highest BCUT2D eigenvalue weighted by Gasteiger charge is 2.31. The maximum absolute atomic E-state index is 12.5. The van der Waals surface area contributed by atoms with Gasteiger partial charge in [0, 0.05) is 26.3 Å². The molecule has 0 spiro atoms. The lowest BCUT2D eigenvalue weighted by atomic mass is 9.97. The number of halogens is 3. The molecule has 1 unspecified atom stereocenters. The van der Waals surface area contributed by atoms with Crippen molar-refractivity contribution in [2.24, 2.45) is 5.92 Å². The van der Waals surface area contributed by atoms with Gasteiger partial charge >= 0.3 is 6.18 Å². The number of nitrogens with one attached hydrogen (secondary N) is 1. The van der Waals surface area contributed by atoms with Crippen molar-refractivity contribution in [1.82, 2.24) is 10.3 Å². The average Bonchev–Trinajstić information content (AvgIpc) is 2.46. The van der Waals surface area contributed by atoms with Crippen LogP contribution in [0.25, 0.3) is 0 Å². The van der Waals surface area contributed by atoms with E-state index in [1.807, 2.05) is 4.90 Å². The number of carbonyl (C=O) groups is 1. The van der Waals surface area contributed by atoms with E-state index in [0.29, 0.717) is 18.9 Å². The summed E-state index contributed by atoms with van der Waals surface area (Å²) in [5, 5.41) is 2.60. The summed E-state index contributed by atoms with van der Waals surface area (Å²) in [6.45, 7) is 1.18. The first-order valence-corrected chi connectivity index (χ1v) is 6.41. The van der Waals surface area contributed by atoms with Gasteiger partial charge in [-0.25, -0.2) is 4.98 Å². The van der Waals surface area contributed by atoms with E-state index in [-0.39, 0.29) is 11.8 Å². The second-order valence-corrected chi connectivity index (χ2v) is 4.80. The molecular weight excluding hydrogens is 271 g/mol. The molecule has 1 aromatic rings. The van der Waals surface area contributed by atoms with Crippen LogP contribution < -0.4 is 10.2 Å². The van der Waals surface area contributed by atoms with Crippen LogP contribution in [0.1, 0.15) is 18.4 Å². The minimum Gasteiger partial charge on any atom is -0.359 e. The number of hydrogen-bond donors (Lipinski definition) is 1. The van der Waals surface area contributed by atoms with Crippen LogP contribution >= 0.6 is 0 Å². The van der Waals surface area contributed by atoms with Crippen molar-refractivity contribution in [3.63, 3.8) is 0 Å². The molecule has 1 amide bonds. The van der Waals surface area contributed by atoms with Crippen molar-refractivity contribution in [2.45, 2.75) is 19.0 Å². The highest BCUT2D eigenvalue weighted by Crippen LogP contribution is 2.30. The Hall–Kier alpha value is -1.79. The summed E-state index contributed by atoms with van der Waals surface area (Å²) in [6.07, 6.45) is -1.94. The molecule has 110 valence electrons. The Labute approximate surface area is 115 Å². The van der Waals surface area contributed by atoms with Crippen LogP contribution in [0, 0.1) is 5.92 Å². The number of pyridine rings is 1. The molecule has 1 saturated heterocycles. The lowest BCUT2D eigenvalue weighted by molar-refractivity contribution is -0.137. The van der Waals surface area contributed by atoms with Crippen LogP contribution in [-0.2, 0) is 11.0 Å². The molecule has 4 nitrogen and oxygen atoms in total. The van der Waals surface area contributed by atoms with Gasteiger partial charge in [0.2, 0.25) is 5.91 Å². The van der Waals surface area contributed by atoms with Crippen LogP contribution in [0.15, 0.2) is 18.3 Å². The van der Waals surface area contributed by atoms with Crippen LogP contribution in [0.2, 0.25) is 0 Å². The summed E-state index contributed by atoms with van der Waals surface area (Å²) < 4.78 is 37.4. The molecule has 1 aliphatic rings. The Balaban J connectivity index is 2.09. The lowest BCUT2D eigenvalue weighted by Crippen LogP contribution is -2.42. The largest absolute Gasteiger partial charge is 0.417 e. The molecule has 2 rings (SSSR count). The molecule has 0 radical (unpaired) electrons. The van der Waals surface area contributed by atoms with E-state index in [1.54, 1.807) is 7.05 Å². The van der Waals surface area contributed by atoms with Crippen molar-refractivity contribution < 1.29 is 18.0 Å². The highest BCUT2D eigenvalue weighted by molar-refractivity contribution is 5.79. The van der Waals surface area contributed by atoms with Crippen LogP contribution in [0.4, 0.5) is 19.0 Å². The molecule has 7 heteroatoms. The number of carbonyl (C=O) groups excluding carboxylic acids is 1. The molecule has 1 fully saturated rings. The normalized spacial score (nSPS) is 19.8. The second kappa shape index (κ2) is 5.68. The maximum atomic E-state index is 12.5. The summed E-state index contributed by atoms with van der Waals surface area (Å²) in [7, 11) is 1.58. The number of rotatable bonds is 2. The molecule has 1 aliphatic heterocycles. The second-order valence-electron chi connectivity index (χ2n) is 4.80. The van der Waals surface area contributed by atoms with Gasteiger partial charge in [-0.2, -0.15) is 13.2 Å². The number of amides is 1. The zero-order valence-corrected chi connectivity index (χ0v) is 11.1. The van der Waals surface area contributed by atoms with Crippen molar-refractivity contribution in [3.8, 4) is 0 Å². The van der Waals surface area contributed by atoms with Gasteiger partial charge in [0.1, 0.15) is 5.82 Å². The molecule has 1 atom stereocenters. The smallest absolute Gasteiger partial charge is 0.359 e. The Morgan fingerprint density at radius 1 is 1.45 bits per heavy atom. The molecule has 1 N–H and O–H groups in total. The number of nitrogens with zero attached hydrogens (tertiary/aromatic N) is 2. The number of alkyl halides is 3.